The second kappa shape index (κ2) is 10.7. The van der Waals surface area contributed by atoms with Gasteiger partial charge in [0.05, 0.1) is 0 Å². The highest BCUT2D eigenvalue weighted by atomic mass is 32.2. The van der Waals surface area contributed by atoms with Gasteiger partial charge < -0.3 is 15.4 Å². The van der Waals surface area contributed by atoms with Crippen LogP contribution in [0.1, 0.15) is 49.7 Å². The number of carbonyl (C=O) groups excluding carboxylic acids is 2. The molecule has 2 aliphatic rings. The highest BCUT2D eigenvalue weighted by molar-refractivity contribution is 7.98. The molecule has 2 heterocycles. The predicted octanol–water partition coefficient (Wildman–Crippen LogP) is 4.24. The van der Waals surface area contributed by atoms with Crippen LogP contribution in [0.15, 0.2) is 59.5 Å². The lowest BCUT2D eigenvalue weighted by molar-refractivity contribution is -0.123. The van der Waals surface area contributed by atoms with E-state index in [4.69, 9.17) is 4.74 Å². The van der Waals surface area contributed by atoms with Crippen molar-refractivity contribution in [2.24, 2.45) is 0 Å². The molecular weight excluding hydrogens is 432 g/mol. The molecule has 0 bridgehead atoms. The molecule has 6 heteroatoms. The van der Waals surface area contributed by atoms with Gasteiger partial charge in [-0.1, -0.05) is 42.5 Å². The molecule has 33 heavy (non-hydrogen) atoms. The van der Waals surface area contributed by atoms with E-state index < -0.39 is 0 Å². The lowest BCUT2D eigenvalue weighted by Gasteiger charge is -2.38. The normalized spacial score (nSPS) is 22.0. The molecular formula is C27H34N2O3S. The van der Waals surface area contributed by atoms with Gasteiger partial charge in [-0.15, -0.1) is 11.8 Å². The van der Waals surface area contributed by atoms with Gasteiger partial charge >= 0.3 is 0 Å². The summed E-state index contributed by atoms with van der Waals surface area (Å²) in [6.45, 7) is 2.05. The molecule has 0 saturated carbocycles. The number of thioether (sulfide) groups is 1. The fourth-order valence-electron chi connectivity index (χ4n) is 5.15. The highest BCUT2D eigenvalue weighted by Crippen LogP contribution is 2.34. The van der Waals surface area contributed by atoms with E-state index in [0.29, 0.717) is 25.8 Å². The SMILES string of the molecule is CSc1ccc(CC2(CCC(=O)NCC3(c4ccccc4)CCOCC3)CCC(=O)N2)cc1. The molecule has 2 amide bonds. The molecule has 2 aliphatic heterocycles. The zero-order valence-electron chi connectivity index (χ0n) is 19.4. The summed E-state index contributed by atoms with van der Waals surface area (Å²) in [6.07, 6.45) is 6.99. The van der Waals surface area contributed by atoms with E-state index in [9.17, 15) is 9.59 Å². The summed E-state index contributed by atoms with van der Waals surface area (Å²) in [5.41, 5.74) is 2.04. The van der Waals surface area contributed by atoms with Crippen LogP contribution < -0.4 is 10.6 Å². The zero-order chi connectivity index (χ0) is 23.2. The maximum atomic E-state index is 12.9. The first-order valence-electron chi connectivity index (χ1n) is 11.9. The second-order valence-electron chi connectivity index (χ2n) is 9.39. The summed E-state index contributed by atoms with van der Waals surface area (Å²) >= 11 is 1.72. The summed E-state index contributed by atoms with van der Waals surface area (Å²) < 4.78 is 5.61. The Bertz CT molecular complexity index is 942. The highest BCUT2D eigenvalue weighted by Gasteiger charge is 2.38. The molecule has 0 radical (unpaired) electrons. The van der Waals surface area contributed by atoms with E-state index in [-0.39, 0.29) is 22.8 Å². The first kappa shape index (κ1) is 23.8. The third-order valence-corrected chi connectivity index (χ3v) is 7.97. The number of nitrogens with one attached hydrogen (secondary N) is 2. The van der Waals surface area contributed by atoms with Crippen LogP contribution in [0.2, 0.25) is 0 Å². The Morgan fingerprint density at radius 2 is 1.79 bits per heavy atom. The van der Waals surface area contributed by atoms with Crippen LogP contribution in [0.4, 0.5) is 0 Å². The molecule has 2 fully saturated rings. The molecule has 1 unspecified atom stereocenters. The van der Waals surface area contributed by atoms with Gasteiger partial charge in [0.1, 0.15) is 0 Å². The fraction of sp³-hybridized carbons (Fsp3) is 0.481. The van der Waals surface area contributed by atoms with E-state index in [1.54, 1.807) is 11.8 Å². The molecule has 2 aromatic carbocycles. The van der Waals surface area contributed by atoms with Crippen LogP contribution >= 0.6 is 11.8 Å². The molecule has 2 N–H and O–H groups in total. The van der Waals surface area contributed by atoms with Gasteiger partial charge in [0.15, 0.2) is 0 Å². The standard InChI is InChI=1S/C27H34N2O3S/c1-33-23-9-7-21(8-10-23)19-27(14-12-25(31)29-27)13-11-24(30)28-20-26(15-17-32-18-16-26)22-5-3-2-4-6-22/h2-10H,11-20H2,1H3,(H,28,30)(H,29,31). The molecule has 0 aromatic heterocycles. The average molecular weight is 467 g/mol. The molecule has 0 spiro atoms. The van der Waals surface area contributed by atoms with Crippen LogP contribution in [-0.4, -0.2) is 43.4 Å². The minimum absolute atomic E-state index is 0.0510. The number of hydrogen-bond donors (Lipinski definition) is 2. The minimum atomic E-state index is -0.342. The monoisotopic (exact) mass is 466 g/mol. The van der Waals surface area contributed by atoms with Crippen LogP contribution in [0.5, 0.6) is 0 Å². The summed E-state index contributed by atoms with van der Waals surface area (Å²) in [7, 11) is 0. The summed E-state index contributed by atoms with van der Waals surface area (Å²) in [5, 5.41) is 6.41. The second-order valence-corrected chi connectivity index (χ2v) is 10.3. The third kappa shape index (κ3) is 5.98. The predicted molar refractivity (Wildman–Crippen MR) is 132 cm³/mol. The van der Waals surface area contributed by atoms with Crippen molar-refractivity contribution in [1.82, 2.24) is 10.6 Å². The molecule has 5 nitrogen and oxygen atoms in total. The van der Waals surface area contributed by atoms with Gasteiger partial charge in [-0.2, -0.15) is 0 Å². The van der Waals surface area contributed by atoms with Crippen molar-refractivity contribution in [2.75, 3.05) is 26.0 Å². The van der Waals surface area contributed by atoms with Gasteiger partial charge in [0.2, 0.25) is 11.8 Å². The van der Waals surface area contributed by atoms with Crippen LogP contribution in [-0.2, 0) is 26.2 Å². The number of amides is 2. The van der Waals surface area contributed by atoms with Crippen molar-refractivity contribution >= 4 is 23.6 Å². The third-order valence-electron chi connectivity index (χ3n) is 7.23. The summed E-state index contributed by atoms with van der Waals surface area (Å²) in [5.74, 6) is 0.136. The lowest BCUT2D eigenvalue weighted by Crippen LogP contribution is -2.46. The Hall–Kier alpha value is -2.31. The number of ether oxygens (including phenoxy) is 1. The minimum Gasteiger partial charge on any atom is -0.381 e. The van der Waals surface area contributed by atoms with Crippen molar-refractivity contribution in [3.63, 3.8) is 0 Å². The van der Waals surface area contributed by atoms with Gasteiger partial charge in [-0.05, 0) is 61.6 Å². The Labute approximate surface area is 201 Å². The quantitative estimate of drug-likeness (QED) is 0.543. The van der Waals surface area contributed by atoms with E-state index in [1.807, 2.05) is 6.07 Å². The fourth-order valence-corrected chi connectivity index (χ4v) is 5.55. The van der Waals surface area contributed by atoms with E-state index >= 15 is 0 Å². The Morgan fingerprint density at radius 1 is 1.06 bits per heavy atom. The first-order valence-corrected chi connectivity index (χ1v) is 13.1. The van der Waals surface area contributed by atoms with Crippen LogP contribution in [0.3, 0.4) is 0 Å². The van der Waals surface area contributed by atoms with Crippen molar-refractivity contribution in [1.29, 1.82) is 0 Å². The largest absolute Gasteiger partial charge is 0.381 e. The number of hydrogen-bond acceptors (Lipinski definition) is 4. The first-order chi connectivity index (χ1) is 16.0. The maximum absolute atomic E-state index is 12.9. The van der Waals surface area contributed by atoms with Crippen molar-refractivity contribution < 1.29 is 14.3 Å². The van der Waals surface area contributed by atoms with Crippen molar-refractivity contribution in [3.8, 4) is 0 Å². The molecule has 2 aromatic rings. The Morgan fingerprint density at radius 3 is 2.42 bits per heavy atom. The zero-order valence-corrected chi connectivity index (χ0v) is 20.2. The Kier molecular flexibility index (Phi) is 7.76. The van der Waals surface area contributed by atoms with E-state index in [2.05, 4.69) is 65.4 Å². The molecule has 1 atom stereocenters. The smallest absolute Gasteiger partial charge is 0.220 e. The number of benzene rings is 2. The van der Waals surface area contributed by atoms with Gasteiger partial charge in [0, 0.05) is 48.4 Å². The molecule has 0 aliphatic carbocycles. The van der Waals surface area contributed by atoms with Crippen LogP contribution in [0, 0.1) is 0 Å². The van der Waals surface area contributed by atoms with Crippen molar-refractivity contribution in [3.05, 3.63) is 65.7 Å². The molecule has 176 valence electrons. The maximum Gasteiger partial charge on any atom is 0.220 e. The van der Waals surface area contributed by atoms with Crippen molar-refractivity contribution in [2.45, 2.75) is 60.8 Å². The summed E-state index contributed by atoms with van der Waals surface area (Å²) in [4.78, 5) is 26.2. The van der Waals surface area contributed by atoms with E-state index in [1.165, 1.54) is 16.0 Å². The topological polar surface area (TPSA) is 67.4 Å². The Balaban J connectivity index is 1.37. The van der Waals surface area contributed by atoms with Gasteiger partial charge in [-0.3, -0.25) is 9.59 Å². The van der Waals surface area contributed by atoms with Gasteiger partial charge in [-0.25, -0.2) is 0 Å². The molecule has 2 saturated heterocycles. The average Bonchev–Trinajstić information content (AvgIpc) is 3.23. The van der Waals surface area contributed by atoms with Gasteiger partial charge in [0.25, 0.3) is 0 Å². The molecule has 4 rings (SSSR count). The number of rotatable bonds is 9. The lowest BCUT2D eigenvalue weighted by atomic mass is 9.74. The van der Waals surface area contributed by atoms with Crippen LogP contribution in [0.25, 0.3) is 0 Å². The summed E-state index contributed by atoms with van der Waals surface area (Å²) in [6, 6.07) is 19.0. The number of carbonyl (C=O) groups is 2. The van der Waals surface area contributed by atoms with E-state index in [0.717, 1.165) is 38.9 Å².